The van der Waals surface area contributed by atoms with Crippen molar-refractivity contribution < 1.29 is 4.39 Å². The van der Waals surface area contributed by atoms with Gasteiger partial charge in [-0.3, -0.25) is 4.99 Å². The van der Waals surface area contributed by atoms with Crippen LogP contribution in [0, 0.1) is 5.82 Å². The molecule has 1 aromatic rings. The molecule has 3 heteroatoms. The maximum atomic E-state index is 13.1. The summed E-state index contributed by atoms with van der Waals surface area (Å²) < 4.78 is 13.1. The van der Waals surface area contributed by atoms with Gasteiger partial charge in [0.2, 0.25) is 0 Å². The lowest BCUT2D eigenvalue weighted by Gasteiger charge is -2.00. The predicted octanol–water partition coefficient (Wildman–Crippen LogP) is 2.14. The zero-order valence-corrected chi connectivity index (χ0v) is 8.33. The molecule has 0 heterocycles. The third-order valence-electron chi connectivity index (χ3n) is 2.02. The molecule has 0 radical (unpaired) electrons. The van der Waals surface area contributed by atoms with Crippen molar-refractivity contribution in [3.8, 4) is 0 Å². The lowest BCUT2D eigenvalue weighted by Crippen LogP contribution is -2.10. The number of nitrogens with zero attached hydrogens (tertiary/aromatic N) is 1. The third-order valence-corrected chi connectivity index (χ3v) is 2.02. The number of benzene rings is 1. The molecule has 1 aromatic carbocycles. The van der Waals surface area contributed by atoms with E-state index in [1.807, 2.05) is 13.0 Å². The fourth-order valence-electron chi connectivity index (χ4n) is 1.13. The molecule has 0 saturated heterocycles. The van der Waals surface area contributed by atoms with E-state index in [0.29, 0.717) is 24.4 Å². The first kappa shape index (κ1) is 10.7. The molecule has 0 bridgehead atoms. The molecule has 2 nitrogen and oxygen atoms in total. The summed E-state index contributed by atoms with van der Waals surface area (Å²) in [6.07, 6.45) is 1.35. The molecule has 0 saturated carbocycles. The van der Waals surface area contributed by atoms with Crippen LogP contribution >= 0.6 is 0 Å². The molecule has 2 N–H and O–H groups in total. The number of hydrogen-bond acceptors (Lipinski definition) is 1. The maximum absolute atomic E-state index is 13.1. The summed E-state index contributed by atoms with van der Waals surface area (Å²) in [6.45, 7) is 2.50. The topological polar surface area (TPSA) is 38.4 Å². The van der Waals surface area contributed by atoms with Crippen LogP contribution in [-0.4, -0.2) is 12.4 Å². The van der Waals surface area contributed by atoms with E-state index in [2.05, 4.69) is 4.99 Å². The SMILES string of the molecule is CCC(N)=NCCc1ccccc1F. The van der Waals surface area contributed by atoms with Gasteiger partial charge in [0.05, 0.1) is 5.84 Å². The highest BCUT2D eigenvalue weighted by Gasteiger charge is 1.98. The van der Waals surface area contributed by atoms with Crippen LogP contribution < -0.4 is 5.73 Å². The van der Waals surface area contributed by atoms with E-state index in [0.717, 1.165) is 6.42 Å². The summed E-state index contributed by atoms with van der Waals surface area (Å²) in [4.78, 5) is 4.11. The second-order valence-electron chi connectivity index (χ2n) is 3.07. The average Bonchev–Trinajstić information content (AvgIpc) is 2.20. The van der Waals surface area contributed by atoms with Crippen molar-refractivity contribution in [1.82, 2.24) is 0 Å². The quantitative estimate of drug-likeness (QED) is 0.578. The summed E-state index contributed by atoms with van der Waals surface area (Å²) in [7, 11) is 0. The molecule has 0 atom stereocenters. The van der Waals surface area contributed by atoms with Crippen molar-refractivity contribution in [2.75, 3.05) is 6.54 Å². The van der Waals surface area contributed by atoms with Gasteiger partial charge in [0.15, 0.2) is 0 Å². The highest BCUT2D eigenvalue weighted by molar-refractivity contribution is 5.79. The van der Waals surface area contributed by atoms with Crippen molar-refractivity contribution in [2.45, 2.75) is 19.8 Å². The van der Waals surface area contributed by atoms with Gasteiger partial charge in [0.25, 0.3) is 0 Å². The largest absolute Gasteiger partial charge is 0.387 e. The summed E-state index contributed by atoms with van der Waals surface area (Å²) >= 11 is 0. The average molecular weight is 194 g/mol. The second kappa shape index (κ2) is 5.37. The highest BCUT2D eigenvalue weighted by atomic mass is 19.1. The predicted molar refractivity (Wildman–Crippen MR) is 56.9 cm³/mol. The Kier molecular flexibility index (Phi) is 4.11. The van der Waals surface area contributed by atoms with E-state index in [1.165, 1.54) is 6.07 Å². The zero-order chi connectivity index (χ0) is 10.4. The van der Waals surface area contributed by atoms with Crippen LogP contribution in [0.15, 0.2) is 29.3 Å². The van der Waals surface area contributed by atoms with Crippen molar-refractivity contribution in [3.05, 3.63) is 35.6 Å². The number of amidine groups is 1. The fraction of sp³-hybridized carbons (Fsp3) is 0.364. The van der Waals surface area contributed by atoms with E-state index in [1.54, 1.807) is 12.1 Å². The van der Waals surface area contributed by atoms with Crippen molar-refractivity contribution in [2.24, 2.45) is 10.7 Å². The van der Waals surface area contributed by atoms with Gasteiger partial charge in [-0.25, -0.2) is 4.39 Å². The van der Waals surface area contributed by atoms with E-state index < -0.39 is 0 Å². The molecule has 0 aliphatic carbocycles. The van der Waals surface area contributed by atoms with Gasteiger partial charge in [-0.1, -0.05) is 25.1 Å². The van der Waals surface area contributed by atoms with Crippen LogP contribution in [0.3, 0.4) is 0 Å². The zero-order valence-electron chi connectivity index (χ0n) is 8.33. The normalized spacial score (nSPS) is 11.7. The monoisotopic (exact) mass is 194 g/mol. The Hall–Kier alpha value is -1.38. The molecule has 0 unspecified atom stereocenters. The molecule has 0 aliphatic rings. The molecule has 0 aromatic heterocycles. The fourth-order valence-corrected chi connectivity index (χ4v) is 1.13. The lowest BCUT2D eigenvalue weighted by atomic mass is 10.1. The van der Waals surface area contributed by atoms with Gasteiger partial charge < -0.3 is 5.73 Å². The summed E-state index contributed by atoms with van der Waals surface area (Å²) in [6, 6.07) is 6.74. The molecular weight excluding hydrogens is 179 g/mol. The standard InChI is InChI=1S/C11H15FN2/c1-2-11(13)14-8-7-9-5-3-4-6-10(9)12/h3-6H,2,7-8H2,1H3,(H2,13,14). The number of rotatable bonds is 4. The Morgan fingerprint density at radius 2 is 2.14 bits per heavy atom. The van der Waals surface area contributed by atoms with Crippen LogP contribution in [0.25, 0.3) is 0 Å². The number of hydrogen-bond donors (Lipinski definition) is 1. The van der Waals surface area contributed by atoms with Crippen molar-refractivity contribution >= 4 is 5.84 Å². The van der Waals surface area contributed by atoms with Crippen molar-refractivity contribution in [1.29, 1.82) is 0 Å². The Morgan fingerprint density at radius 3 is 2.79 bits per heavy atom. The Labute approximate surface area is 83.7 Å². The Balaban J connectivity index is 2.50. The molecule has 0 aliphatic heterocycles. The minimum absolute atomic E-state index is 0.169. The Bertz CT molecular complexity index is 321. The van der Waals surface area contributed by atoms with E-state index in [-0.39, 0.29) is 5.82 Å². The summed E-state index contributed by atoms with van der Waals surface area (Å²) in [5.74, 6) is 0.458. The van der Waals surface area contributed by atoms with Gasteiger partial charge in [-0.15, -0.1) is 0 Å². The minimum Gasteiger partial charge on any atom is -0.387 e. The molecule has 1 rings (SSSR count). The molecule has 0 fully saturated rings. The van der Waals surface area contributed by atoms with E-state index in [4.69, 9.17) is 5.73 Å². The first-order valence-corrected chi connectivity index (χ1v) is 4.76. The minimum atomic E-state index is -0.169. The van der Waals surface area contributed by atoms with Crippen LogP contribution in [0.4, 0.5) is 4.39 Å². The first-order valence-electron chi connectivity index (χ1n) is 4.76. The summed E-state index contributed by atoms with van der Waals surface area (Å²) in [5.41, 5.74) is 6.23. The Morgan fingerprint density at radius 1 is 1.43 bits per heavy atom. The number of aliphatic imine (C=N–C) groups is 1. The van der Waals surface area contributed by atoms with E-state index in [9.17, 15) is 4.39 Å². The lowest BCUT2D eigenvalue weighted by molar-refractivity contribution is 0.609. The van der Waals surface area contributed by atoms with Crippen LogP contribution in [0.1, 0.15) is 18.9 Å². The number of nitrogens with two attached hydrogens (primary N) is 1. The van der Waals surface area contributed by atoms with Gasteiger partial charge in [-0.05, 0) is 18.1 Å². The molecular formula is C11H15FN2. The van der Waals surface area contributed by atoms with Gasteiger partial charge in [-0.2, -0.15) is 0 Å². The maximum Gasteiger partial charge on any atom is 0.126 e. The van der Waals surface area contributed by atoms with Crippen LogP contribution in [0.2, 0.25) is 0 Å². The smallest absolute Gasteiger partial charge is 0.126 e. The van der Waals surface area contributed by atoms with Crippen LogP contribution in [-0.2, 0) is 6.42 Å². The molecule has 76 valence electrons. The summed E-state index contributed by atoms with van der Waals surface area (Å²) in [5, 5.41) is 0. The molecule has 0 amide bonds. The molecule has 14 heavy (non-hydrogen) atoms. The van der Waals surface area contributed by atoms with E-state index >= 15 is 0 Å². The van der Waals surface area contributed by atoms with Crippen molar-refractivity contribution in [3.63, 3.8) is 0 Å². The first-order chi connectivity index (χ1) is 6.74. The van der Waals surface area contributed by atoms with Gasteiger partial charge in [0.1, 0.15) is 5.82 Å². The highest BCUT2D eigenvalue weighted by Crippen LogP contribution is 2.06. The van der Waals surface area contributed by atoms with Gasteiger partial charge in [0, 0.05) is 13.0 Å². The molecule has 0 spiro atoms. The third kappa shape index (κ3) is 3.17. The van der Waals surface area contributed by atoms with Gasteiger partial charge >= 0.3 is 0 Å². The van der Waals surface area contributed by atoms with Crippen LogP contribution in [0.5, 0.6) is 0 Å². The second-order valence-corrected chi connectivity index (χ2v) is 3.07. The number of halogens is 1.